The first-order valence-corrected chi connectivity index (χ1v) is 9.60. The molecule has 0 aliphatic carbocycles. The molecule has 1 saturated heterocycles. The van der Waals surface area contributed by atoms with E-state index in [1.165, 1.54) is 0 Å². The molecule has 1 atom stereocenters. The van der Waals surface area contributed by atoms with Crippen molar-refractivity contribution in [2.75, 3.05) is 56.5 Å². The number of rotatable bonds is 7. The van der Waals surface area contributed by atoms with E-state index in [1.54, 1.807) is 27.9 Å². The van der Waals surface area contributed by atoms with Crippen molar-refractivity contribution in [3.05, 3.63) is 30.1 Å². The molecule has 1 N–H and O–H groups in total. The summed E-state index contributed by atoms with van der Waals surface area (Å²) in [7, 11) is 8.94. The van der Waals surface area contributed by atoms with Gasteiger partial charge >= 0.3 is 0 Å². The van der Waals surface area contributed by atoms with Gasteiger partial charge in [-0.25, -0.2) is 0 Å². The second-order valence-corrected chi connectivity index (χ2v) is 7.47. The highest BCUT2D eigenvalue weighted by molar-refractivity contribution is 6.00. The maximum Gasteiger partial charge on any atom is 0.229 e. The molecule has 3 rings (SSSR count). The number of hydrogen-bond acceptors (Lipinski definition) is 8. The number of benzene rings is 1. The van der Waals surface area contributed by atoms with Crippen molar-refractivity contribution in [2.45, 2.75) is 13.0 Å². The van der Waals surface area contributed by atoms with Crippen LogP contribution in [0.3, 0.4) is 0 Å². The van der Waals surface area contributed by atoms with Gasteiger partial charge < -0.3 is 24.8 Å². The first-order valence-electron chi connectivity index (χ1n) is 9.60. The first-order chi connectivity index (χ1) is 14.3. The molecule has 30 heavy (non-hydrogen) atoms. The molecule has 2 aromatic rings. The van der Waals surface area contributed by atoms with Gasteiger partial charge in [0.25, 0.3) is 0 Å². The third-order valence-corrected chi connectivity index (χ3v) is 4.74. The van der Waals surface area contributed by atoms with Crippen molar-refractivity contribution in [3.63, 3.8) is 0 Å². The fourth-order valence-electron chi connectivity index (χ4n) is 3.10. The number of hydrogen-bond donors (Lipinski definition) is 1. The zero-order chi connectivity index (χ0) is 21.8. The molecule has 0 saturated carbocycles. The highest BCUT2D eigenvalue weighted by Crippen LogP contribution is 2.28. The number of carbonyl (C=O) groups is 2. The van der Waals surface area contributed by atoms with Crippen LogP contribution < -0.4 is 24.8 Å². The second kappa shape index (κ2) is 8.93. The Morgan fingerprint density at radius 2 is 1.83 bits per heavy atom. The zero-order valence-corrected chi connectivity index (χ0v) is 17.9. The van der Waals surface area contributed by atoms with Gasteiger partial charge in [-0.3, -0.25) is 9.59 Å². The SMILES string of the molecule is COc1cccc(N2C[C@@H](C(=O)NCc3nc(N(C)C)nc(N(C)C)n3)CC2=O)c1. The monoisotopic (exact) mass is 413 g/mol. The topological polar surface area (TPSA) is 104 Å². The van der Waals surface area contributed by atoms with Crippen LogP contribution in [0, 0.1) is 5.92 Å². The van der Waals surface area contributed by atoms with E-state index in [0.29, 0.717) is 30.0 Å². The standard InChI is InChI=1S/C20H27N7O3/c1-25(2)19-22-16(23-20(24-19)26(3)4)11-21-18(29)13-9-17(28)27(12-13)14-7-6-8-15(10-14)30-5/h6-8,10,13H,9,11-12H2,1-5H3,(H,21,29)/t13-/m0/s1. The lowest BCUT2D eigenvalue weighted by molar-refractivity contribution is -0.126. The summed E-state index contributed by atoms with van der Waals surface area (Å²) in [5, 5.41) is 2.86. The van der Waals surface area contributed by atoms with Crippen molar-refractivity contribution >= 4 is 29.4 Å². The predicted molar refractivity (Wildman–Crippen MR) is 114 cm³/mol. The van der Waals surface area contributed by atoms with Gasteiger partial charge in [-0.1, -0.05) is 6.07 Å². The molecule has 1 aliphatic heterocycles. The molecule has 1 aromatic carbocycles. The van der Waals surface area contributed by atoms with Crippen LogP contribution in [0.25, 0.3) is 0 Å². The van der Waals surface area contributed by atoms with Gasteiger partial charge in [-0.15, -0.1) is 0 Å². The Bertz CT molecular complexity index is 906. The summed E-state index contributed by atoms with van der Waals surface area (Å²) in [6.45, 7) is 0.480. The Hall–Kier alpha value is -3.43. The van der Waals surface area contributed by atoms with Gasteiger partial charge in [-0.05, 0) is 12.1 Å². The predicted octanol–water partition coefficient (Wildman–Crippen LogP) is 0.682. The number of carbonyl (C=O) groups excluding carboxylic acids is 2. The van der Waals surface area contributed by atoms with E-state index < -0.39 is 5.92 Å². The summed E-state index contributed by atoms with van der Waals surface area (Å²) in [6.07, 6.45) is 0.159. The highest BCUT2D eigenvalue weighted by atomic mass is 16.5. The molecule has 2 heterocycles. The molecule has 160 valence electrons. The van der Waals surface area contributed by atoms with Crippen LogP contribution in [-0.4, -0.2) is 68.6 Å². The van der Waals surface area contributed by atoms with Crippen molar-refractivity contribution in [1.82, 2.24) is 20.3 Å². The average molecular weight is 413 g/mol. The molecule has 1 aromatic heterocycles. The summed E-state index contributed by atoms with van der Waals surface area (Å²) in [6, 6.07) is 7.25. The summed E-state index contributed by atoms with van der Waals surface area (Å²) < 4.78 is 5.22. The quantitative estimate of drug-likeness (QED) is 0.707. The van der Waals surface area contributed by atoms with Gasteiger partial charge in [0.05, 0.1) is 19.6 Å². The Labute approximate surface area is 175 Å². The third-order valence-electron chi connectivity index (χ3n) is 4.74. The van der Waals surface area contributed by atoms with Crippen LogP contribution in [0.2, 0.25) is 0 Å². The molecule has 0 bridgehead atoms. The molecule has 10 nitrogen and oxygen atoms in total. The molecule has 2 amide bonds. The van der Waals surface area contributed by atoms with E-state index in [0.717, 1.165) is 5.69 Å². The summed E-state index contributed by atoms with van der Waals surface area (Å²) in [4.78, 5) is 43.5. The summed E-state index contributed by atoms with van der Waals surface area (Å²) in [5.74, 6) is 1.42. The number of ether oxygens (including phenoxy) is 1. The smallest absolute Gasteiger partial charge is 0.229 e. The van der Waals surface area contributed by atoms with Crippen LogP contribution in [0.4, 0.5) is 17.6 Å². The minimum absolute atomic E-state index is 0.0895. The fourth-order valence-corrected chi connectivity index (χ4v) is 3.10. The second-order valence-electron chi connectivity index (χ2n) is 7.47. The summed E-state index contributed by atoms with van der Waals surface area (Å²) in [5.41, 5.74) is 0.721. The van der Waals surface area contributed by atoms with Crippen LogP contribution in [-0.2, 0) is 16.1 Å². The lowest BCUT2D eigenvalue weighted by Crippen LogP contribution is -2.33. The summed E-state index contributed by atoms with van der Waals surface area (Å²) >= 11 is 0. The largest absolute Gasteiger partial charge is 0.497 e. The number of nitrogens with zero attached hydrogens (tertiary/aromatic N) is 6. The van der Waals surface area contributed by atoms with E-state index in [-0.39, 0.29) is 24.8 Å². The molecule has 1 aliphatic rings. The Kier molecular flexibility index (Phi) is 6.34. The van der Waals surface area contributed by atoms with Crippen molar-refractivity contribution < 1.29 is 14.3 Å². The minimum Gasteiger partial charge on any atom is -0.497 e. The van der Waals surface area contributed by atoms with Crippen LogP contribution in [0.1, 0.15) is 12.2 Å². The van der Waals surface area contributed by atoms with E-state index in [4.69, 9.17) is 4.74 Å². The molecular formula is C20H27N7O3. The van der Waals surface area contributed by atoms with Crippen LogP contribution in [0.15, 0.2) is 24.3 Å². The van der Waals surface area contributed by atoms with E-state index in [9.17, 15) is 9.59 Å². The maximum atomic E-state index is 12.7. The van der Waals surface area contributed by atoms with Gasteiger partial charge in [0, 0.05) is 52.9 Å². The Balaban J connectivity index is 1.66. The number of nitrogens with one attached hydrogen (secondary N) is 1. The fraction of sp³-hybridized carbons (Fsp3) is 0.450. The van der Waals surface area contributed by atoms with Gasteiger partial charge in [-0.2, -0.15) is 15.0 Å². The highest BCUT2D eigenvalue weighted by Gasteiger charge is 2.35. The van der Waals surface area contributed by atoms with Gasteiger partial charge in [0.2, 0.25) is 23.7 Å². The molecular weight excluding hydrogens is 386 g/mol. The Morgan fingerprint density at radius 3 is 2.43 bits per heavy atom. The zero-order valence-electron chi connectivity index (χ0n) is 17.9. The van der Waals surface area contributed by atoms with Crippen molar-refractivity contribution in [2.24, 2.45) is 5.92 Å². The lowest BCUT2D eigenvalue weighted by Gasteiger charge is -2.18. The van der Waals surface area contributed by atoms with Crippen LogP contribution in [0.5, 0.6) is 5.75 Å². The van der Waals surface area contributed by atoms with E-state index >= 15 is 0 Å². The average Bonchev–Trinajstić information content (AvgIpc) is 3.13. The third kappa shape index (κ3) is 4.76. The molecule has 0 spiro atoms. The van der Waals surface area contributed by atoms with E-state index in [2.05, 4.69) is 20.3 Å². The maximum absolute atomic E-state index is 12.7. The molecule has 0 radical (unpaired) electrons. The van der Waals surface area contributed by atoms with Crippen LogP contribution >= 0.6 is 0 Å². The molecule has 10 heteroatoms. The van der Waals surface area contributed by atoms with Crippen molar-refractivity contribution in [3.8, 4) is 5.75 Å². The van der Waals surface area contributed by atoms with Crippen molar-refractivity contribution in [1.29, 1.82) is 0 Å². The number of methoxy groups -OCH3 is 1. The van der Waals surface area contributed by atoms with Gasteiger partial charge in [0.15, 0.2) is 5.82 Å². The van der Waals surface area contributed by atoms with Gasteiger partial charge in [0.1, 0.15) is 5.75 Å². The lowest BCUT2D eigenvalue weighted by atomic mass is 10.1. The molecule has 1 fully saturated rings. The number of aromatic nitrogens is 3. The number of anilines is 3. The minimum atomic E-state index is -0.438. The number of amides is 2. The normalized spacial score (nSPS) is 15.8. The Morgan fingerprint density at radius 1 is 1.17 bits per heavy atom. The van der Waals surface area contributed by atoms with E-state index in [1.807, 2.05) is 46.4 Å². The molecule has 0 unspecified atom stereocenters. The first kappa shape index (κ1) is 21.3.